The van der Waals surface area contributed by atoms with Crippen LogP contribution in [0.1, 0.15) is 12.0 Å². The highest BCUT2D eigenvalue weighted by molar-refractivity contribution is 6.62. The number of carbonyl (C=O) groups is 1. The van der Waals surface area contributed by atoms with E-state index in [2.05, 4.69) is 0 Å². The third kappa shape index (κ3) is 2.80. The van der Waals surface area contributed by atoms with E-state index in [-0.39, 0.29) is 5.37 Å². The first-order chi connectivity index (χ1) is 8.20. The first kappa shape index (κ1) is 12.0. The number of carbonyl (C=O) groups excluding carboxylic acids is 1. The molecule has 0 saturated heterocycles. The molecule has 2 rings (SSSR count). The highest BCUT2D eigenvalue weighted by atomic mass is 35.5. The molecule has 1 amide bonds. The van der Waals surface area contributed by atoms with E-state index >= 15 is 0 Å². The van der Waals surface area contributed by atoms with Crippen molar-refractivity contribution in [3.63, 3.8) is 0 Å². The molecule has 1 aromatic carbocycles. The molecular formula is C13H14ClNO2. The predicted molar refractivity (Wildman–Crippen MR) is 68.4 cm³/mol. The summed E-state index contributed by atoms with van der Waals surface area (Å²) in [6, 6.07) is 7.94. The largest absolute Gasteiger partial charge is 0.497 e. The lowest BCUT2D eigenvalue weighted by atomic mass is 9.99. The van der Waals surface area contributed by atoms with E-state index in [1.807, 2.05) is 30.3 Å². The summed E-state index contributed by atoms with van der Waals surface area (Å²) in [6.07, 6.45) is 2.87. The highest BCUT2D eigenvalue weighted by Gasteiger charge is 2.16. The van der Waals surface area contributed by atoms with Crippen molar-refractivity contribution in [3.05, 3.63) is 35.9 Å². The Labute approximate surface area is 106 Å². The van der Waals surface area contributed by atoms with Gasteiger partial charge in [-0.25, -0.2) is 0 Å². The van der Waals surface area contributed by atoms with Crippen LogP contribution in [-0.4, -0.2) is 30.5 Å². The normalized spacial score (nSPS) is 15.4. The van der Waals surface area contributed by atoms with Crippen LogP contribution >= 0.6 is 11.6 Å². The zero-order chi connectivity index (χ0) is 12.3. The minimum absolute atomic E-state index is 0.383. The second kappa shape index (κ2) is 5.23. The van der Waals surface area contributed by atoms with Gasteiger partial charge in [0.1, 0.15) is 5.75 Å². The molecule has 4 heteroatoms. The van der Waals surface area contributed by atoms with E-state index in [0.717, 1.165) is 17.7 Å². The van der Waals surface area contributed by atoms with Gasteiger partial charge in [-0.15, -0.1) is 0 Å². The molecule has 0 spiro atoms. The fourth-order valence-electron chi connectivity index (χ4n) is 1.91. The summed E-state index contributed by atoms with van der Waals surface area (Å²) in [5, 5.41) is -0.383. The SMILES string of the molecule is COc1cccc(C2=CCN(C(=O)Cl)CC2)c1. The van der Waals surface area contributed by atoms with Gasteiger partial charge >= 0.3 is 5.37 Å². The summed E-state index contributed by atoms with van der Waals surface area (Å²) in [4.78, 5) is 12.6. The van der Waals surface area contributed by atoms with E-state index in [4.69, 9.17) is 16.3 Å². The molecule has 0 unspecified atom stereocenters. The molecule has 0 aromatic heterocycles. The number of amides is 1. The van der Waals surface area contributed by atoms with E-state index in [9.17, 15) is 4.79 Å². The van der Waals surface area contributed by atoms with Crippen LogP contribution in [0.15, 0.2) is 30.3 Å². The van der Waals surface area contributed by atoms with Crippen molar-refractivity contribution in [1.82, 2.24) is 4.90 Å². The number of nitrogens with zero attached hydrogens (tertiary/aromatic N) is 1. The lowest BCUT2D eigenvalue weighted by Crippen LogP contribution is -2.30. The molecule has 0 saturated carbocycles. The summed E-state index contributed by atoms with van der Waals surface area (Å²) >= 11 is 5.44. The smallest absolute Gasteiger partial charge is 0.316 e. The van der Waals surface area contributed by atoms with Gasteiger partial charge in [0.2, 0.25) is 0 Å². The Morgan fingerprint density at radius 3 is 2.88 bits per heavy atom. The summed E-state index contributed by atoms with van der Waals surface area (Å²) in [7, 11) is 1.66. The van der Waals surface area contributed by atoms with Gasteiger partial charge in [0, 0.05) is 13.1 Å². The summed E-state index contributed by atoms with van der Waals surface area (Å²) in [5.41, 5.74) is 2.38. The molecule has 3 nitrogen and oxygen atoms in total. The molecule has 1 aliphatic heterocycles. The lowest BCUT2D eigenvalue weighted by molar-refractivity contribution is 0.227. The third-order valence-corrected chi connectivity index (χ3v) is 3.14. The molecule has 90 valence electrons. The fourth-order valence-corrected chi connectivity index (χ4v) is 2.07. The fraction of sp³-hybridized carbons (Fsp3) is 0.308. The van der Waals surface area contributed by atoms with E-state index in [0.29, 0.717) is 13.1 Å². The van der Waals surface area contributed by atoms with Crippen LogP contribution < -0.4 is 4.74 Å². The van der Waals surface area contributed by atoms with Crippen molar-refractivity contribution in [1.29, 1.82) is 0 Å². The monoisotopic (exact) mass is 251 g/mol. The van der Waals surface area contributed by atoms with Crippen LogP contribution in [0.2, 0.25) is 0 Å². The summed E-state index contributed by atoms with van der Waals surface area (Å²) < 4.78 is 5.19. The Morgan fingerprint density at radius 1 is 1.47 bits per heavy atom. The van der Waals surface area contributed by atoms with Crippen LogP contribution in [0.5, 0.6) is 5.75 Å². The Hall–Kier alpha value is -1.48. The standard InChI is InChI=1S/C13H14ClNO2/c1-17-12-4-2-3-11(9-12)10-5-7-15(8-6-10)13(14)16/h2-5,9H,6-8H2,1H3. The molecular weight excluding hydrogens is 238 g/mol. The average molecular weight is 252 g/mol. The highest BCUT2D eigenvalue weighted by Crippen LogP contribution is 2.25. The molecule has 1 heterocycles. The van der Waals surface area contributed by atoms with Gasteiger partial charge < -0.3 is 9.64 Å². The molecule has 0 aliphatic carbocycles. The lowest BCUT2D eigenvalue weighted by Gasteiger charge is -2.24. The van der Waals surface area contributed by atoms with Crippen LogP contribution in [0.25, 0.3) is 5.57 Å². The number of halogens is 1. The van der Waals surface area contributed by atoms with Gasteiger partial charge in [-0.2, -0.15) is 0 Å². The van der Waals surface area contributed by atoms with Crippen LogP contribution in [0.3, 0.4) is 0 Å². The maximum absolute atomic E-state index is 11.0. The van der Waals surface area contributed by atoms with Crippen molar-refractivity contribution in [2.75, 3.05) is 20.2 Å². The molecule has 1 aromatic rings. The maximum atomic E-state index is 11.0. The molecule has 0 bridgehead atoms. The van der Waals surface area contributed by atoms with Gasteiger partial charge in [0.05, 0.1) is 7.11 Å². The van der Waals surface area contributed by atoms with Gasteiger partial charge in [0.15, 0.2) is 0 Å². The van der Waals surface area contributed by atoms with Crippen molar-refractivity contribution in [2.24, 2.45) is 0 Å². The number of ether oxygens (including phenoxy) is 1. The molecule has 1 aliphatic rings. The molecule has 0 atom stereocenters. The number of rotatable bonds is 2. The van der Waals surface area contributed by atoms with Gasteiger partial charge in [-0.3, -0.25) is 4.79 Å². The van der Waals surface area contributed by atoms with Crippen molar-refractivity contribution < 1.29 is 9.53 Å². The second-order valence-corrected chi connectivity index (χ2v) is 4.23. The number of hydrogen-bond donors (Lipinski definition) is 0. The van der Waals surface area contributed by atoms with Crippen LogP contribution in [0, 0.1) is 0 Å². The number of benzene rings is 1. The van der Waals surface area contributed by atoms with Crippen molar-refractivity contribution in [3.8, 4) is 5.75 Å². The third-order valence-electron chi connectivity index (χ3n) is 2.90. The van der Waals surface area contributed by atoms with Crippen LogP contribution in [-0.2, 0) is 0 Å². The number of methoxy groups -OCH3 is 1. The van der Waals surface area contributed by atoms with E-state index < -0.39 is 0 Å². The van der Waals surface area contributed by atoms with Gasteiger partial charge in [-0.05, 0) is 41.3 Å². The minimum Gasteiger partial charge on any atom is -0.497 e. The van der Waals surface area contributed by atoms with Gasteiger partial charge in [0.25, 0.3) is 0 Å². The zero-order valence-corrected chi connectivity index (χ0v) is 10.4. The van der Waals surface area contributed by atoms with E-state index in [1.165, 1.54) is 5.57 Å². The molecule has 17 heavy (non-hydrogen) atoms. The van der Waals surface area contributed by atoms with E-state index in [1.54, 1.807) is 12.0 Å². The Balaban J connectivity index is 2.16. The average Bonchev–Trinajstić information content (AvgIpc) is 2.39. The molecule has 0 N–H and O–H groups in total. The summed E-state index contributed by atoms with van der Waals surface area (Å²) in [6.45, 7) is 1.25. The molecule has 0 fully saturated rings. The minimum atomic E-state index is -0.383. The number of hydrogen-bond acceptors (Lipinski definition) is 2. The topological polar surface area (TPSA) is 29.5 Å². The maximum Gasteiger partial charge on any atom is 0.316 e. The van der Waals surface area contributed by atoms with Gasteiger partial charge in [-0.1, -0.05) is 18.2 Å². The first-order valence-corrected chi connectivity index (χ1v) is 5.86. The Bertz CT molecular complexity index is 456. The van der Waals surface area contributed by atoms with Crippen molar-refractivity contribution in [2.45, 2.75) is 6.42 Å². The Morgan fingerprint density at radius 2 is 2.29 bits per heavy atom. The second-order valence-electron chi connectivity index (χ2n) is 3.91. The summed E-state index contributed by atoms with van der Waals surface area (Å²) in [5.74, 6) is 0.847. The van der Waals surface area contributed by atoms with Crippen LogP contribution in [0.4, 0.5) is 4.79 Å². The van der Waals surface area contributed by atoms with Crippen molar-refractivity contribution >= 4 is 22.5 Å². The predicted octanol–water partition coefficient (Wildman–Crippen LogP) is 3.14. The quantitative estimate of drug-likeness (QED) is 0.597. The zero-order valence-electron chi connectivity index (χ0n) is 9.65. The molecule has 0 radical (unpaired) electrons. The Kier molecular flexibility index (Phi) is 3.69. The first-order valence-electron chi connectivity index (χ1n) is 5.48.